The van der Waals surface area contributed by atoms with Crippen LogP contribution in [0.5, 0.6) is 0 Å². The highest BCUT2D eigenvalue weighted by Gasteiger charge is 2.25. The maximum Gasteiger partial charge on any atom is 0.256 e. The van der Waals surface area contributed by atoms with Gasteiger partial charge < -0.3 is 5.32 Å². The predicted octanol–water partition coefficient (Wildman–Crippen LogP) is 3.87. The van der Waals surface area contributed by atoms with Crippen LogP contribution in [0.4, 0.5) is 10.1 Å². The van der Waals surface area contributed by atoms with Gasteiger partial charge in [0.05, 0.1) is 14.2 Å². The van der Waals surface area contributed by atoms with Gasteiger partial charge in [-0.3, -0.25) is 9.59 Å². The number of halogens is 2. The monoisotopic (exact) mass is 351 g/mol. The van der Waals surface area contributed by atoms with Gasteiger partial charge in [0.1, 0.15) is 5.82 Å². The fraction of sp³-hybridized carbons (Fsp3) is 0. The number of fused-ring (bicyclic) bond motifs is 1. The van der Waals surface area contributed by atoms with Gasteiger partial charge >= 0.3 is 0 Å². The summed E-state index contributed by atoms with van der Waals surface area (Å²) in [6, 6.07) is 7.43. The first kappa shape index (κ1) is 13.2. The van der Waals surface area contributed by atoms with Crippen LogP contribution in [0.3, 0.4) is 0 Å². The number of hydrogen-bond acceptors (Lipinski definition) is 3. The van der Waals surface area contributed by atoms with E-state index >= 15 is 0 Å². The standard InChI is InChI=1S/C14H7BrFNO2S/c15-13-4-3-12(20-13)11(18)6-9-8-5-7(16)1-2-10(8)17-14(9)19/h1-6H,(H,17,19)/b9-6-. The number of hydrogen-bond donors (Lipinski definition) is 1. The minimum absolute atomic E-state index is 0.189. The molecule has 1 aromatic carbocycles. The van der Waals surface area contributed by atoms with Gasteiger partial charge in [-0.1, -0.05) is 0 Å². The van der Waals surface area contributed by atoms with Crippen molar-refractivity contribution < 1.29 is 14.0 Å². The van der Waals surface area contributed by atoms with Crippen LogP contribution < -0.4 is 5.32 Å². The number of thiophene rings is 1. The van der Waals surface area contributed by atoms with E-state index in [2.05, 4.69) is 21.2 Å². The molecule has 100 valence electrons. The molecule has 1 N–H and O–H groups in total. The average molecular weight is 352 g/mol. The van der Waals surface area contributed by atoms with Gasteiger partial charge in [0.15, 0.2) is 5.78 Å². The minimum atomic E-state index is -0.447. The van der Waals surface area contributed by atoms with Crippen molar-refractivity contribution in [2.24, 2.45) is 0 Å². The number of amides is 1. The van der Waals surface area contributed by atoms with E-state index < -0.39 is 11.7 Å². The van der Waals surface area contributed by atoms with Crippen molar-refractivity contribution in [1.29, 1.82) is 0 Å². The molecule has 0 bridgehead atoms. The van der Waals surface area contributed by atoms with Crippen LogP contribution in [0, 0.1) is 5.82 Å². The largest absolute Gasteiger partial charge is 0.321 e. The SMILES string of the molecule is O=C1Nc2ccc(F)cc2/C1=C/C(=O)c1ccc(Br)s1. The summed E-state index contributed by atoms with van der Waals surface area (Å²) in [5.41, 5.74) is 1.12. The highest BCUT2D eigenvalue weighted by molar-refractivity contribution is 9.11. The van der Waals surface area contributed by atoms with E-state index in [1.54, 1.807) is 12.1 Å². The van der Waals surface area contributed by atoms with Crippen LogP contribution in [0.1, 0.15) is 15.2 Å². The molecule has 1 amide bonds. The Morgan fingerprint density at radius 1 is 1.30 bits per heavy atom. The van der Waals surface area contributed by atoms with Crippen LogP contribution >= 0.6 is 27.3 Å². The zero-order chi connectivity index (χ0) is 14.3. The third-order valence-electron chi connectivity index (χ3n) is 2.86. The van der Waals surface area contributed by atoms with Crippen molar-refractivity contribution in [3.8, 4) is 0 Å². The summed E-state index contributed by atoms with van der Waals surface area (Å²) in [6.07, 6.45) is 1.25. The van der Waals surface area contributed by atoms with E-state index in [1.165, 1.54) is 35.6 Å². The molecule has 3 nitrogen and oxygen atoms in total. The van der Waals surface area contributed by atoms with E-state index in [9.17, 15) is 14.0 Å². The normalized spacial score (nSPS) is 15.3. The highest BCUT2D eigenvalue weighted by Crippen LogP contribution is 2.33. The van der Waals surface area contributed by atoms with Gasteiger partial charge in [-0.15, -0.1) is 11.3 Å². The van der Waals surface area contributed by atoms with Gasteiger partial charge in [0.2, 0.25) is 0 Å². The lowest BCUT2D eigenvalue weighted by Gasteiger charge is -1.97. The molecule has 2 heterocycles. The Hall–Kier alpha value is -1.79. The molecule has 1 aliphatic rings. The fourth-order valence-electron chi connectivity index (χ4n) is 1.95. The third kappa shape index (κ3) is 2.32. The first-order valence-electron chi connectivity index (χ1n) is 5.67. The fourth-order valence-corrected chi connectivity index (χ4v) is 3.25. The molecule has 2 aromatic rings. The average Bonchev–Trinajstić information content (AvgIpc) is 2.95. The van der Waals surface area contributed by atoms with E-state index in [4.69, 9.17) is 0 Å². The predicted molar refractivity (Wildman–Crippen MR) is 79.4 cm³/mol. The smallest absolute Gasteiger partial charge is 0.256 e. The molecule has 20 heavy (non-hydrogen) atoms. The lowest BCUT2D eigenvalue weighted by molar-refractivity contribution is -0.110. The number of rotatable bonds is 2. The quantitative estimate of drug-likeness (QED) is 0.659. The molecule has 0 atom stereocenters. The molecule has 0 aliphatic carbocycles. The number of carbonyl (C=O) groups excluding carboxylic acids is 2. The number of carbonyl (C=O) groups is 2. The molecule has 1 aliphatic heterocycles. The second kappa shape index (κ2) is 4.96. The minimum Gasteiger partial charge on any atom is -0.321 e. The van der Waals surface area contributed by atoms with Crippen molar-refractivity contribution in [2.75, 3.05) is 5.32 Å². The Bertz CT molecular complexity index is 766. The summed E-state index contributed by atoms with van der Waals surface area (Å²) < 4.78 is 14.1. The molecule has 1 aromatic heterocycles. The van der Waals surface area contributed by atoms with E-state index in [0.29, 0.717) is 16.1 Å². The molecule has 0 fully saturated rings. The highest BCUT2D eigenvalue weighted by atomic mass is 79.9. The topological polar surface area (TPSA) is 46.2 Å². The summed E-state index contributed by atoms with van der Waals surface area (Å²) in [6.45, 7) is 0. The van der Waals surface area contributed by atoms with Crippen molar-refractivity contribution in [2.45, 2.75) is 0 Å². The molecule has 6 heteroatoms. The number of nitrogens with one attached hydrogen (secondary N) is 1. The van der Waals surface area contributed by atoms with Gasteiger partial charge in [-0.2, -0.15) is 0 Å². The maximum absolute atomic E-state index is 13.3. The third-order valence-corrected chi connectivity index (χ3v) is 4.49. The number of ketones is 1. The Labute approximate surface area is 126 Å². The number of benzene rings is 1. The van der Waals surface area contributed by atoms with Crippen LogP contribution in [0.15, 0.2) is 40.2 Å². The van der Waals surface area contributed by atoms with Crippen LogP contribution in [-0.4, -0.2) is 11.7 Å². The first-order valence-corrected chi connectivity index (χ1v) is 7.28. The molecule has 3 rings (SSSR count). The molecule has 0 saturated heterocycles. The van der Waals surface area contributed by atoms with Gasteiger partial charge in [-0.05, 0) is 46.3 Å². The van der Waals surface area contributed by atoms with Crippen molar-refractivity contribution >= 4 is 50.2 Å². The van der Waals surface area contributed by atoms with Crippen LogP contribution in [0.2, 0.25) is 0 Å². The van der Waals surface area contributed by atoms with Gasteiger partial charge in [0, 0.05) is 17.3 Å². The number of anilines is 1. The molecule has 0 spiro atoms. The molecule has 0 saturated carbocycles. The Balaban J connectivity index is 2.02. The Morgan fingerprint density at radius 3 is 2.80 bits per heavy atom. The van der Waals surface area contributed by atoms with Gasteiger partial charge in [-0.25, -0.2) is 4.39 Å². The van der Waals surface area contributed by atoms with Crippen LogP contribution in [0.25, 0.3) is 5.57 Å². The summed E-state index contributed by atoms with van der Waals surface area (Å²) in [5.74, 6) is -1.12. The van der Waals surface area contributed by atoms with Crippen molar-refractivity contribution in [3.05, 3.63) is 56.5 Å². The Morgan fingerprint density at radius 2 is 2.10 bits per heavy atom. The zero-order valence-corrected chi connectivity index (χ0v) is 12.3. The summed E-state index contributed by atoms with van der Waals surface area (Å²) >= 11 is 4.56. The number of allylic oxidation sites excluding steroid dienone is 1. The van der Waals surface area contributed by atoms with Crippen molar-refractivity contribution in [3.63, 3.8) is 0 Å². The summed E-state index contributed by atoms with van der Waals surface area (Å²) in [4.78, 5) is 24.5. The van der Waals surface area contributed by atoms with Gasteiger partial charge in [0.25, 0.3) is 5.91 Å². The lowest BCUT2D eigenvalue weighted by atomic mass is 10.1. The second-order valence-corrected chi connectivity index (χ2v) is 6.63. The molecule has 0 unspecified atom stereocenters. The van der Waals surface area contributed by atoms with E-state index in [1.807, 2.05) is 0 Å². The second-order valence-electron chi connectivity index (χ2n) is 4.17. The van der Waals surface area contributed by atoms with E-state index in [-0.39, 0.29) is 11.4 Å². The summed E-state index contributed by atoms with van der Waals surface area (Å²) in [7, 11) is 0. The van der Waals surface area contributed by atoms with E-state index in [0.717, 1.165) is 3.79 Å². The summed E-state index contributed by atoms with van der Waals surface area (Å²) in [5, 5.41) is 2.60. The zero-order valence-electron chi connectivity index (χ0n) is 9.94. The molecular formula is C14H7BrFNO2S. The lowest BCUT2D eigenvalue weighted by Crippen LogP contribution is -2.05. The molecule has 0 radical (unpaired) electrons. The van der Waals surface area contributed by atoms with Crippen LogP contribution in [-0.2, 0) is 4.79 Å². The molecular weight excluding hydrogens is 345 g/mol. The van der Waals surface area contributed by atoms with Crippen molar-refractivity contribution in [1.82, 2.24) is 0 Å². The Kier molecular flexibility index (Phi) is 3.27. The maximum atomic E-state index is 13.3. The first-order chi connectivity index (χ1) is 9.54.